The lowest BCUT2D eigenvalue weighted by Gasteiger charge is -2.12. The van der Waals surface area contributed by atoms with Crippen LogP contribution in [0.2, 0.25) is 0 Å². The summed E-state index contributed by atoms with van der Waals surface area (Å²) in [5.41, 5.74) is 2.51. The van der Waals surface area contributed by atoms with Crippen molar-refractivity contribution in [1.29, 1.82) is 0 Å². The van der Waals surface area contributed by atoms with E-state index >= 15 is 0 Å². The first kappa shape index (κ1) is 14.3. The Labute approximate surface area is 122 Å². The molecule has 20 heavy (non-hydrogen) atoms. The topological polar surface area (TPSA) is 0 Å². The summed E-state index contributed by atoms with van der Waals surface area (Å²) in [4.78, 5) is 0. The fourth-order valence-electron chi connectivity index (χ4n) is 2.08. The lowest BCUT2D eigenvalue weighted by atomic mass is 9.93. The summed E-state index contributed by atoms with van der Waals surface area (Å²) in [5, 5.41) is 0. The fraction of sp³-hybridized carbons (Fsp3) is 0.200. The molecule has 0 amide bonds. The van der Waals surface area contributed by atoms with E-state index in [1.165, 1.54) is 11.1 Å². The molecule has 2 aromatic rings. The third kappa shape index (κ3) is 4.55. The van der Waals surface area contributed by atoms with Gasteiger partial charge >= 0.3 is 0 Å². The predicted molar refractivity (Wildman–Crippen MR) is 89.3 cm³/mol. The van der Waals surface area contributed by atoms with Crippen LogP contribution < -0.4 is 0 Å². The van der Waals surface area contributed by atoms with Gasteiger partial charge in [0.05, 0.1) is 0 Å². The molecule has 102 valence electrons. The van der Waals surface area contributed by atoms with Crippen molar-refractivity contribution >= 4 is 12.2 Å². The van der Waals surface area contributed by atoms with Crippen LogP contribution in [0, 0.1) is 11.8 Å². The predicted octanol–water partition coefficient (Wildman–Crippen LogP) is 5.69. The lowest BCUT2D eigenvalue weighted by molar-refractivity contribution is 0.553. The maximum absolute atomic E-state index is 2.29. The maximum atomic E-state index is 2.29. The Morgan fingerprint density at radius 2 is 1.05 bits per heavy atom. The van der Waals surface area contributed by atoms with Crippen molar-refractivity contribution in [2.24, 2.45) is 11.8 Å². The van der Waals surface area contributed by atoms with E-state index in [2.05, 4.69) is 86.7 Å². The molecular formula is C20H22. The van der Waals surface area contributed by atoms with Gasteiger partial charge in [-0.2, -0.15) is 0 Å². The lowest BCUT2D eigenvalue weighted by Crippen LogP contribution is -2.01. The molecule has 0 saturated carbocycles. The van der Waals surface area contributed by atoms with Crippen molar-refractivity contribution < 1.29 is 0 Å². The average Bonchev–Trinajstić information content (AvgIpc) is 2.49. The Bertz CT molecular complexity index is 498. The number of hydrogen-bond donors (Lipinski definition) is 0. The summed E-state index contributed by atoms with van der Waals surface area (Å²) >= 11 is 0. The van der Waals surface area contributed by atoms with E-state index in [0.29, 0.717) is 11.8 Å². The monoisotopic (exact) mass is 262 g/mol. The standard InChI is InChI=1S/C20H22/c1-17(2)20(15-13-18-9-5-3-6-10-18)16-14-19-11-7-4-8-12-19/h3-17,20H,1-2H3. The summed E-state index contributed by atoms with van der Waals surface area (Å²) in [6.07, 6.45) is 9.00. The van der Waals surface area contributed by atoms with Crippen LogP contribution in [0.15, 0.2) is 72.8 Å². The molecular weight excluding hydrogens is 240 g/mol. The molecule has 0 N–H and O–H groups in total. The van der Waals surface area contributed by atoms with Crippen LogP contribution in [0.3, 0.4) is 0 Å². The minimum absolute atomic E-state index is 0.454. The number of hydrogen-bond acceptors (Lipinski definition) is 0. The molecule has 0 saturated heterocycles. The summed E-state index contributed by atoms with van der Waals surface area (Å²) in [6, 6.07) is 20.9. The Kier molecular flexibility index (Phi) is 5.37. The largest absolute Gasteiger partial charge is 0.0768 e. The first-order chi connectivity index (χ1) is 9.75. The van der Waals surface area contributed by atoms with Crippen LogP contribution in [-0.4, -0.2) is 0 Å². The van der Waals surface area contributed by atoms with Gasteiger partial charge in [-0.1, -0.05) is 98.8 Å². The van der Waals surface area contributed by atoms with Gasteiger partial charge < -0.3 is 0 Å². The molecule has 0 fully saturated rings. The third-order valence-corrected chi connectivity index (χ3v) is 3.39. The van der Waals surface area contributed by atoms with Crippen molar-refractivity contribution in [3.63, 3.8) is 0 Å². The molecule has 0 aromatic heterocycles. The van der Waals surface area contributed by atoms with E-state index in [-0.39, 0.29) is 0 Å². The number of allylic oxidation sites excluding steroid dienone is 2. The molecule has 0 radical (unpaired) electrons. The van der Waals surface area contributed by atoms with Crippen LogP contribution in [0.4, 0.5) is 0 Å². The summed E-state index contributed by atoms with van der Waals surface area (Å²) < 4.78 is 0. The average molecular weight is 262 g/mol. The molecule has 0 unspecified atom stereocenters. The molecule has 0 nitrogen and oxygen atoms in total. The molecule has 0 aliphatic rings. The van der Waals surface area contributed by atoms with Gasteiger partial charge in [-0.05, 0) is 23.0 Å². The van der Waals surface area contributed by atoms with Crippen LogP contribution >= 0.6 is 0 Å². The maximum Gasteiger partial charge on any atom is -0.00238 e. The van der Waals surface area contributed by atoms with Gasteiger partial charge in [0.2, 0.25) is 0 Å². The zero-order valence-electron chi connectivity index (χ0n) is 12.2. The molecule has 0 heterocycles. The highest BCUT2D eigenvalue weighted by atomic mass is 14.1. The highest BCUT2D eigenvalue weighted by molar-refractivity contribution is 5.52. The van der Waals surface area contributed by atoms with Crippen LogP contribution in [-0.2, 0) is 0 Å². The molecule has 0 spiro atoms. The van der Waals surface area contributed by atoms with Gasteiger partial charge in [0.15, 0.2) is 0 Å². The van der Waals surface area contributed by atoms with E-state index in [9.17, 15) is 0 Å². The molecule has 0 bridgehead atoms. The normalized spacial score (nSPS) is 13.3. The first-order valence-corrected chi connectivity index (χ1v) is 7.22. The Morgan fingerprint density at radius 1 is 0.650 bits per heavy atom. The van der Waals surface area contributed by atoms with Gasteiger partial charge in [-0.3, -0.25) is 0 Å². The van der Waals surface area contributed by atoms with E-state index in [1.54, 1.807) is 0 Å². The Morgan fingerprint density at radius 3 is 1.40 bits per heavy atom. The van der Waals surface area contributed by atoms with Gasteiger partial charge in [0.25, 0.3) is 0 Å². The van der Waals surface area contributed by atoms with Crippen molar-refractivity contribution in [2.75, 3.05) is 0 Å². The van der Waals surface area contributed by atoms with Crippen LogP contribution in [0.1, 0.15) is 25.0 Å². The van der Waals surface area contributed by atoms with Crippen molar-refractivity contribution in [3.8, 4) is 0 Å². The second-order valence-electron chi connectivity index (χ2n) is 5.36. The summed E-state index contributed by atoms with van der Waals surface area (Å²) in [7, 11) is 0. The van der Waals surface area contributed by atoms with Crippen LogP contribution in [0.25, 0.3) is 12.2 Å². The van der Waals surface area contributed by atoms with Gasteiger partial charge in [-0.25, -0.2) is 0 Å². The minimum atomic E-state index is 0.454. The van der Waals surface area contributed by atoms with Gasteiger partial charge in [0, 0.05) is 0 Å². The highest BCUT2D eigenvalue weighted by Crippen LogP contribution is 2.18. The second kappa shape index (κ2) is 7.49. The number of rotatable bonds is 5. The summed E-state index contributed by atoms with van der Waals surface area (Å²) in [6.45, 7) is 4.52. The second-order valence-corrected chi connectivity index (χ2v) is 5.36. The van der Waals surface area contributed by atoms with Crippen molar-refractivity contribution in [1.82, 2.24) is 0 Å². The molecule has 2 aromatic carbocycles. The molecule has 0 heteroatoms. The van der Waals surface area contributed by atoms with Crippen molar-refractivity contribution in [3.05, 3.63) is 83.9 Å². The quantitative estimate of drug-likeness (QED) is 0.649. The molecule has 0 aliphatic heterocycles. The van der Waals surface area contributed by atoms with Gasteiger partial charge in [-0.15, -0.1) is 0 Å². The molecule has 0 atom stereocenters. The minimum Gasteiger partial charge on any atom is -0.0768 e. The Hall–Kier alpha value is -2.08. The molecule has 0 aliphatic carbocycles. The van der Waals surface area contributed by atoms with E-state index < -0.39 is 0 Å². The SMILES string of the molecule is CC(C)C(C=Cc1ccccc1)C=Cc1ccccc1. The highest BCUT2D eigenvalue weighted by Gasteiger charge is 2.05. The van der Waals surface area contributed by atoms with E-state index in [4.69, 9.17) is 0 Å². The van der Waals surface area contributed by atoms with Crippen LogP contribution in [0.5, 0.6) is 0 Å². The summed E-state index contributed by atoms with van der Waals surface area (Å²) in [5.74, 6) is 1.05. The van der Waals surface area contributed by atoms with Crippen molar-refractivity contribution in [2.45, 2.75) is 13.8 Å². The van der Waals surface area contributed by atoms with Gasteiger partial charge in [0.1, 0.15) is 0 Å². The Balaban J connectivity index is 2.08. The van der Waals surface area contributed by atoms with E-state index in [1.807, 2.05) is 12.1 Å². The molecule has 2 rings (SSSR count). The smallest absolute Gasteiger partial charge is 0.00238 e. The zero-order chi connectivity index (χ0) is 14.2. The zero-order valence-corrected chi connectivity index (χ0v) is 12.2. The van der Waals surface area contributed by atoms with E-state index in [0.717, 1.165) is 0 Å². The number of benzene rings is 2. The fourth-order valence-corrected chi connectivity index (χ4v) is 2.08. The first-order valence-electron chi connectivity index (χ1n) is 7.22. The third-order valence-electron chi connectivity index (χ3n) is 3.39.